The van der Waals surface area contributed by atoms with E-state index in [1.165, 1.54) is 0 Å². The largest absolute Gasteiger partial charge is 0.398 e. The second kappa shape index (κ2) is 5.16. The molecular weight excluding hydrogens is 240 g/mol. The van der Waals surface area contributed by atoms with E-state index in [0.29, 0.717) is 23.9 Å². The van der Waals surface area contributed by atoms with Gasteiger partial charge in [-0.2, -0.15) is 0 Å². The normalized spacial score (nSPS) is 10.7. The molecule has 2 N–H and O–H groups in total. The summed E-state index contributed by atoms with van der Waals surface area (Å²) in [6.07, 6.45) is 1.67. The highest BCUT2D eigenvalue weighted by atomic mass is 35.5. The van der Waals surface area contributed by atoms with Crippen LogP contribution in [0.2, 0.25) is 5.02 Å². The SMILES string of the molecule is COCCn1cnnc1-c1ccc(Cl)c(N)c1. The molecule has 5 nitrogen and oxygen atoms in total. The van der Waals surface area contributed by atoms with Crippen molar-refractivity contribution in [3.05, 3.63) is 29.5 Å². The lowest BCUT2D eigenvalue weighted by atomic mass is 10.2. The maximum atomic E-state index is 5.88. The molecule has 0 radical (unpaired) electrons. The lowest BCUT2D eigenvalue weighted by molar-refractivity contribution is 0.187. The number of ether oxygens (including phenoxy) is 1. The average Bonchev–Trinajstić information content (AvgIpc) is 2.78. The number of anilines is 1. The Morgan fingerprint density at radius 1 is 1.47 bits per heavy atom. The highest BCUT2D eigenvalue weighted by Gasteiger charge is 2.08. The summed E-state index contributed by atoms with van der Waals surface area (Å²) >= 11 is 5.88. The lowest BCUT2D eigenvalue weighted by Crippen LogP contribution is -2.05. The fourth-order valence-corrected chi connectivity index (χ4v) is 1.63. The Morgan fingerprint density at radius 2 is 2.29 bits per heavy atom. The minimum Gasteiger partial charge on any atom is -0.398 e. The van der Waals surface area contributed by atoms with Crippen molar-refractivity contribution in [1.82, 2.24) is 14.8 Å². The molecule has 0 fully saturated rings. The Bertz CT molecular complexity index is 512. The number of nitrogen functional groups attached to an aromatic ring is 1. The molecule has 0 unspecified atom stereocenters. The number of rotatable bonds is 4. The Labute approximate surface area is 104 Å². The zero-order valence-corrected chi connectivity index (χ0v) is 10.2. The van der Waals surface area contributed by atoms with E-state index in [-0.39, 0.29) is 0 Å². The molecule has 90 valence electrons. The molecule has 0 aliphatic rings. The number of aromatic nitrogens is 3. The van der Waals surface area contributed by atoms with Crippen LogP contribution in [-0.4, -0.2) is 28.5 Å². The summed E-state index contributed by atoms with van der Waals surface area (Å²) in [7, 11) is 1.66. The molecule has 2 aromatic rings. The smallest absolute Gasteiger partial charge is 0.163 e. The van der Waals surface area contributed by atoms with Crippen LogP contribution in [0.15, 0.2) is 24.5 Å². The minimum absolute atomic E-state index is 0.533. The van der Waals surface area contributed by atoms with Crippen LogP contribution in [0, 0.1) is 0 Å². The maximum absolute atomic E-state index is 5.88. The predicted octanol–water partition coefficient (Wildman–Crippen LogP) is 1.83. The first-order chi connectivity index (χ1) is 8.22. The van der Waals surface area contributed by atoms with Crippen molar-refractivity contribution in [3.8, 4) is 11.4 Å². The molecular formula is C11H13ClN4O. The standard InChI is InChI=1S/C11H13ClN4O/c1-17-5-4-16-7-14-15-11(16)8-2-3-9(12)10(13)6-8/h2-3,6-7H,4-5,13H2,1H3. The van der Waals surface area contributed by atoms with Gasteiger partial charge in [0.1, 0.15) is 6.33 Å². The van der Waals surface area contributed by atoms with Crippen LogP contribution in [0.5, 0.6) is 0 Å². The van der Waals surface area contributed by atoms with Gasteiger partial charge in [-0.3, -0.25) is 0 Å². The zero-order chi connectivity index (χ0) is 12.3. The fraction of sp³-hybridized carbons (Fsp3) is 0.273. The van der Waals surface area contributed by atoms with Crippen LogP contribution in [0.4, 0.5) is 5.69 Å². The lowest BCUT2D eigenvalue weighted by Gasteiger charge is -2.07. The molecule has 0 spiro atoms. The minimum atomic E-state index is 0.533. The summed E-state index contributed by atoms with van der Waals surface area (Å²) in [6, 6.07) is 5.41. The second-order valence-corrected chi connectivity index (χ2v) is 3.98. The van der Waals surface area contributed by atoms with Crippen LogP contribution in [0.3, 0.4) is 0 Å². The number of methoxy groups -OCH3 is 1. The van der Waals surface area contributed by atoms with Crippen molar-refractivity contribution in [1.29, 1.82) is 0 Å². The molecule has 0 amide bonds. The zero-order valence-electron chi connectivity index (χ0n) is 9.43. The number of benzene rings is 1. The summed E-state index contributed by atoms with van der Waals surface area (Å²) < 4.78 is 6.94. The van der Waals surface area contributed by atoms with Gasteiger partial charge in [-0.25, -0.2) is 0 Å². The molecule has 2 rings (SSSR count). The van der Waals surface area contributed by atoms with Crippen molar-refractivity contribution in [2.75, 3.05) is 19.5 Å². The quantitative estimate of drug-likeness (QED) is 0.843. The average molecular weight is 253 g/mol. The first-order valence-corrected chi connectivity index (χ1v) is 5.52. The third-order valence-electron chi connectivity index (χ3n) is 2.41. The molecule has 0 saturated carbocycles. The third-order valence-corrected chi connectivity index (χ3v) is 2.75. The van der Waals surface area contributed by atoms with E-state index in [2.05, 4.69) is 10.2 Å². The van der Waals surface area contributed by atoms with Crippen LogP contribution in [0.25, 0.3) is 11.4 Å². The molecule has 1 aromatic heterocycles. The van der Waals surface area contributed by atoms with Gasteiger partial charge in [-0.15, -0.1) is 10.2 Å². The Kier molecular flexibility index (Phi) is 3.61. The van der Waals surface area contributed by atoms with Gasteiger partial charge in [0, 0.05) is 19.2 Å². The molecule has 0 atom stereocenters. The van der Waals surface area contributed by atoms with E-state index in [1.54, 1.807) is 25.6 Å². The van der Waals surface area contributed by atoms with Gasteiger partial charge in [-0.05, 0) is 18.2 Å². The van der Waals surface area contributed by atoms with Crippen LogP contribution in [-0.2, 0) is 11.3 Å². The first-order valence-electron chi connectivity index (χ1n) is 5.14. The van der Waals surface area contributed by atoms with Crippen molar-refractivity contribution >= 4 is 17.3 Å². The summed E-state index contributed by atoms with van der Waals surface area (Å²) in [5.41, 5.74) is 7.19. The first kappa shape index (κ1) is 11.9. The maximum Gasteiger partial charge on any atom is 0.163 e. The topological polar surface area (TPSA) is 66.0 Å². The fourth-order valence-electron chi connectivity index (χ4n) is 1.51. The Balaban J connectivity index is 2.32. The number of halogens is 1. The van der Waals surface area contributed by atoms with Crippen LogP contribution >= 0.6 is 11.6 Å². The second-order valence-electron chi connectivity index (χ2n) is 3.58. The summed E-state index contributed by atoms with van der Waals surface area (Å²) in [4.78, 5) is 0. The monoisotopic (exact) mass is 252 g/mol. The van der Waals surface area contributed by atoms with E-state index in [1.807, 2.05) is 10.6 Å². The molecule has 0 aliphatic carbocycles. The van der Waals surface area contributed by atoms with Crippen LogP contribution < -0.4 is 5.73 Å². The van der Waals surface area contributed by atoms with Crippen molar-refractivity contribution in [3.63, 3.8) is 0 Å². The van der Waals surface area contributed by atoms with Gasteiger partial charge in [-0.1, -0.05) is 11.6 Å². The number of nitrogens with zero attached hydrogens (tertiary/aromatic N) is 3. The molecule has 1 heterocycles. The van der Waals surface area contributed by atoms with Crippen molar-refractivity contribution < 1.29 is 4.74 Å². The van der Waals surface area contributed by atoms with Gasteiger partial charge in [0.25, 0.3) is 0 Å². The van der Waals surface area contributed by atoms with Crippen molar-refractivity contribution in [2.24, 2.45) is 0 Å². The molecule has 6 heteroatoms. The van der Waals surface area contributed by atoms with E-state index >= 15 is 0 Å². The predicted molar refractivity (Wildman–Crippen MR) is 66.8 cm³/mol. The van der Waals surface area contributed by atoms with E-state index in [9.17, 15) is 0 Å². The summed E-state index contributed by atoms with van der Waals surface area (Å²) in [5, 5.41) is 8.49. The van der Waals surface area contributed by atoms with E-state index in [4.69, 9.17) is 22.1 Å². The van der Waals surface area contributed by atoms with Gasteiger partial charge >= 0.3 is 0 Å². The van der Waals surface area contributed by atoms with Gasteiger partial charge < -0.3 is 15.0 Å². The number of hydrogen-bond donors (Lipinski definition) is 1. The van der Waals surface area contributed by atoms with E-state index in [0.717, 1.165) is 11.4 Å². The van der Waals surface area contributed by atoms with Crippen molar-refractivity contribution in [2.45, 2.75) is 6.54 Å². The Hall–Kier alpha value is -1.59. The number of nitrogens with two attached hydrogens (primary N) is 1. The van der Waals surface area contributed by atoms with Crippen LogP contribution in [0.1, 0.15) is 0 Å². The van der Waals surface area contributed by atoms with Gasteiger partial charge in [0.05, 0.1) is 17.3 Å². The summed E-state index contributed by atoms with van der Waals surface area (Å²) in [6.45, 7) is 1.30. The molecule has 1 aromatic carbocycles. The van der Waals surface area contributed by atoms with Gasteiger partial charge in [0.2, 0.25) is 0 Å². The number of hydrogen-bond acceptors (Lipinski definition) is 4. The van der Waals surface area contributed by atoms with E-state index < -0.39 is 0 Å². The third kappa shape index (κ3) is 2.57. The molecule has 0 bridgehead atoms. The van der Waals surface area contributed by atoms with Gasteiger partial charge in [0.15, 0.2) is 5.82 Å². The molecule has 0 aliphatic heterocycles. The highest BCUT2D eigenvalue weighted by Crippen LogP contribution is 2.25. The molecule has 0 saturated heterocycles. The molecule has 17 heavy (non-hydrogen) atoms. The Morgan fingerprint density at radius 3 is 3.00 bits per heavy atom. The highest BCUT2D eigenvalue weighted by molar-refractivity contribution is 6.33. The summed E-state index contributed by atoms with van der Waals surface area (Å²) in [5.74, 6) is 0.755.